The Hall–Kier alpha value is -1.41. The van der Waals surface area contributed by atoms with E-state index in [2.05, 4.69) is 0 Å². The molecular formula is C12H14O2. The van der Waals surface area contributed by atoms with Crippen LogP contribution < -0.4 is 0 Å². The number of benzene rings is 1. The molecule has 0 aliphatic carbocycles. The highest BCUT2D eigenvalue weighted by molar-refractivity contribution is 5.81. The maximum Gasteiger partial charge on any atom is 0.162 e. The Bertz CT molecular complexity index is 301. The molecule has 2 heteroatoms. The van der Waals surface area contributed by atoms with Gasteiger partial charge in [-0.15, -0.1) is 0 Å². The van der Waals surface area contributed by atoms with E-state index in [0.717, 1.165) is 5.56 Å². The molecule has 1 rings (SSSR count). The lowest BCUT2D eigenvalue weighted by Gasteiger charge is -1.94. The molecule has 0 heterocycles. The lowest BCUT2D eigenvalue weighted by atomic mass is 10.2. The first-order valence-electron chi connectivity index (χ1n) is 4.55. The van der Waals surface area contributed by atoms with Crippen molar-refractivity contribution in [2.75, 3.05) is 13.7 Å². The molecule has 0 spiro atoms. The van der Waals surface area contributed by atoms with Gasteiger partial charge in [-0.25, -0.2) is 0 Å². The maximum absolute atomic E-state index is 11.1. The standard InChI is InChI=1S/C12H14O2/c1-14-10-12(13)9-5-8-11-6-3-2-4-7-11/h2-8H,9-10H2,1H3/b8-5+. The average molecular weight is 190 g/mol. The summed E-state index contributed by atoms with van der Waals surface area (Å²) in [7, 11) is 1.53. The predicted molar refractivity (Wildman–Crippen MR) is 57.0 cm³/mol. The van der Waals surface area contributed by atoms with Gasteiger partial charge in [-0.3, -0.25) is 4.79 Å². The highest BCUT2D eigenvalue weighted by Gasteiger charge is 1.95. The molecule has 0 unspecified atom stereocenters. The third kappa shape index (κ3) is 4.01. The number of ether oxygens (including phenoxy) is 1. The second kappa shape index (κ2) is 6.11. The number of Topliss-reactive ketones (excluding diaryl/α,β-unsaturated/α-hetero) is 1. The smallest absolute Gasteiger partial charge is 0.162 e. The van der Waals surface area contributed by atoms with Gasteiger partial charge in [-0.2, -0.15) is 0 Å². The lowest BCUT2D eigenvalue weighted by Crippen LogP contribution is -2.04. The highest BCUT2D eigenvalue weighted by atomic mass is 16.5. The van der Waals surface area contributed by atoms with Crippen molar-refractivity contribution in [3.8, 4) is 0 Å². The Balaban J connectivity index is 2.38. The Kier molecular flexibility index (Phi) is 4.65. The van der Waals surface area contributed by atoms with E-state index in [-0.39, 0.29) is 12.4 Å². The Labute approximate surface area is 84.2 Å². The first kappa shape index (κ1) is 10.7. The first-order chi connectivity index (χ1) is 6.83. The van der Waals surface area contributed by atoms with Crippen molar-refractivity contribution >= 4 is 11.9 Å². The SMILES string of the molecule is COCC(=O)C/C=C/c1ccccc1. The maximum atomic E-state index is 11.1. The van der Waals surface area contributed by atoms with Crippen molar-refractivity contribution in [2.45, 2.75) is 6.42 Å². The monoisotopic (exact) mass is 190 g/mol. The van der Waals surface area contributed by atoms with Gasteiger partial charge in [-0.1, -0.05) is 42.5 Å². The van der Waals surface area contributed by atoms with Gasteiger partial charge in [0.05, 0.1) is 0 Å². The molecular weight excluding hydrogens is 176 g/mol. The quantitative estimate of drug-likeness (QED) is 0.712. The van der Waals surface area contributed by atoms with Gasteiger partial charge in [0.25, 0.3) is 0 Å². The van der Waals surface area contributed by atoms with E-state index >= 15 is 0 Å². The zero-order chi connectivity index (χ0) is 10.2. The van der Waals surface area contributed by atoms with Crippen LogP contribution in [-0.2, 0) is 9.53 Å². The zero-order valence-corrected chi connectivity index (χ0v) is 8.27. The molecule has 0 bridgehead atoms. The number of allylic oxidation sites excluding steroid dienone is 1. The topological polar surface area (TPSA) is 26.3 Å². The van der Waals surface area contributed by atoms with Crippen molar-refractivity contribution in [1.82, 2.24) is 0 Å². The van der Waals surface area contributed by atoms with Gasteiger partial charge >= 0.3 is 0 Å². The van der Waals surface area contributed by atoms with Crippen LogP contribution in [-0.4, -0.2) is 19.5 Å². The van der Waals surface area contributed by atoms with Crippen molar-refractivity contribution < 1.29 is 9.53 Å². The molecule has 0 aromatic heterocycles. The minimum absolute atomic E-state index is 0.0969. The predicted octanol–water partition coefficient (Wildman–Crippen LogP) is 2.31. The molecule has 0 aliphatic rings. The van der Waals surface area contributed by atoms with Gasteiger partial charge in [-0.05, 0) is 5.56 Å². The van der Waals surface area contributed by atoms with E-state index in [4.69, 9.17) is 4.74 Å². The molecule has 0 N–H and O–H groups in total. The second-order valence-electron chi connectivity index (χ2n) is 2.99. The van der Waals surface area contributed by atoms with Crippen LogP contribution in [0.25, 0.3) is 6.08 Å². The third-order valence-electron chi connectivity index (χ3n) is 1.76. The summed E-state index contributed by atoms with van der Waals surface area (Å²) in [5, 5.41) is 0. The number of methoxy groups -OCH3 is 1. The van der Waals surface area contributed by atoms with Crippen LogP contribution >= 0.6 is 0 Å². The summed E-state index contributed by atoms with van der Waals surface area (Å²) in [6.45, 7) is 0.194. The van der Waals surface area contributed by atoms with E-state index in [1.165, 1.54) is 7.11 Å². The van der Waals surface area contributed by atoms with Gasteiger partial charge in [0, 0.05) is 13.5 Å². The molecule has 74 valence electrons. The average Bonchev–Trinajstić information content (AvgIpc) is 2.20. The van der Waals surface area contributed by atoms with E-state index in [1.54, 1.807) is 0 Å². The molecule has 0 saturated carbocycles. The van der Waals surface area contributed by atoms with Crippen LogP contribution in [0.15, 0.2) is 36.4 Å². The van der Waals surface area contributed by atoms with Crippen LogP contribution in [0.5, 0.6) is 0 Å². The fraction of sp³-hybridized carbons (Fsp3) is 0.250. The van der Waals surface area contributed by atoms with E-state index < -0.39 is 0 Å². The molecule has 0 fully saturated rings. The van der Waals surface area contributed by atoms with Crippen LogP contribution in [0, 0.1) is 0 Å². The number of ketones is 1. The van der Waals surface area contributed by atoms with Gasteiger partial charge in [0.1, 0.15) is 6.61 Å². The van der Waals surface area contributed by atoms with Crippen molar-refractivity contribution in [3.63, 3.8) is 0 Å². The summed E-state index contributed by atoms with van der Waals surface area (Å²) in [6.07, 6.45) is 4.23. The first-order valence-corrected chi connectivity index (χ1v) is 4.55. The largest absolute Gasteiger partial charge is 0.377 e. The number of carbonyl (C=O) groups is 1. The summed E-state index contributed by atoms with van der Waals surface area (Å²) in [5.41, 5.74) is 1.11. The van der Waals surface area contributed by atoms with Crippen LogP contribution in [0.4, 0.5) is 0 Å². The molecule has 0 saturated heterocycles. The van der Waals surface area contributed by atoms with Crippen LogP contribution in [0.1, 0.15) is 12.0 Å². The lowest BCUT2D eigenvalue weighted by molar-refractivity contribution is -0.121. The minimum Gasteiger partial charge on any atom is -0.377 e. The van der Waals surface area contributed by atoms with Crippen molar-refractivity contribution in [1.29, 1.82) is 0 Å². The molecule has 14 heavy (non-hydrogen) atoms. The molecule has 0 amide bonds. The third-order valence-corrected chi connectivity index (χ3v) is 1.76. The minimum atomic E-state index is 0.0969. The summed E-state index contributed by atoms with van der Waals surface area (Å²) in [4.78, 5) is 11.1. The Morgan fingerprint density at radius 2 is 2.07 bits per heavy atom. The van der Waals surface area contributed by atoms with E-state index in [0.29, 0.717) is 6.42 Å². The summed E-state index contributed by atoms with van der Waals surface area (Å²) >= 11 is 0. The molecule has 1 aromatic carbocycles. The molecule has 1 aromatic rings. The fourth-order valence-electron chi connectivity index (χ4n) is 1.11. The van der Waals surface area contributed by atoms with E-state index in [9.17, 15) is 4.79 Å². The van der Waals surface area contributed by atoms with Crippen molar-refractivity contribution in [3.05, 3.63) is 42.0 Å². The van der Waals surface area contributed by atoms with Crippen molar-refractivity contribution in [2.24, 2.45) is 0 Å². The Morgan fingerprint density at radius 3 is 2.71 bits per heavy atom. The number of rotatable bonds is 5. The van der Waals surface area contributed by atoms with E-state index in [1.807, 2.05) is 42.5 Å². The van der Waals surface area contributed by atoms with Gasteiger partial charge in [0.2, 0.25) is 0 Å². The van der Waals surface area contributed by atoms with Crippen LogP contribution in [0.2, 0.25) is 0 Å². The Morgan fingerprint density at radius 1 is 1.36 bits per heavy atom. The number of carbonyl (C=O) groups excluding carboxylic acids is 1. The molecule has 0 aliphatic heterocycles. The number of hydrogen-bond donors (Lipinski definition) is 0. The van der Waals surface area contributed by atoms with Gasteiger partial charge < -0.3 is 4.74 Å². The highest BCUT2D eigenvalue weighted by Crippen LogP contribution is 2.01. The second-order valence-corrected chi connectivity index (χ2v) is 2.99. The number of hydrogen-bond acceptors (Lipinski definition) is 2. The molecule has 0 radical (unpaired) electrons. The molecule has 0 atom stereocenters. The zero-order valence-electron chi connectivity index (χ0n) is 8.27. The molecule has 2 nitrogen and oxygen atoms in total. The fourth-order valence-corrected chi connectivity index (χ4v) is 1.11. The summed E-state index contributed by atoms with van der Waals surface area (Å²) in [5.74, 6) is 0.0969. The van der Waals surface area contributed by atoms with Crippen LogP contribution in [0.3, 0.4) is 0 Å². The van der Waals surface area contributed by atoms with Gasteiger partial charge in [0.15, 0.2) is 5.78 Å². The summed E-state index contributed by atoms with van der Waals surface area (Å²) < 4.78 is 4.72. The summed E-state index contributed by atoms with van der Waals surface area (Å²) in [6, 6.07) is 9.90. The normalized spacial score (nSPS) is 10.6.